The van der Waals surface area contributed by atoms with Gasteiger partial charge in [0.25, 0.3) is 0 Å². The zero-order valence-electron chi connectivity index (χ0n) is 13.1. The molecular weight excluding hydrogens is 274 g/mol. The Morgan fingerprint density at radius 1 is 0.955 bits per heavy atom. The van der Waals surface area contributed by atoms with Crippen molar-refractivity contribution in [2.75, 3.05) is 20.6 Å². The number of urea groups is 1. The number of hydrogen-bond donors (Lipinski definition) is 2. The minimum atomic E-state index is -0.147. The quantitative estimate of drug-likeness (QED) is 0.861. The van der Waals surface area contributed by atoms with Gasteiger partial charge in [0.2, 0.25) is 0 Å². The number of rotatable bonds is 6. The second kappa shape index (κ2) is 8.20. The molecule has 1 atom stereocenters. The lowest BCUT2D eigenvalue weighted by atomic mass is 10.1. The van der Waals surface area contributed by atoms with Crippen LogP contribution in [0.5, 0.6) is 0 Å². The van der Waals surface area contributed by atoms with Crippen molar-refractivity contribution in [2.45, 2.75) is 12.6 Å². The Morgan fingerprint density at radius 3 is 2.14 bits per heavy atom. The molecule has 0 radical (unpaired) electrons. The van der Waals surface area contributed by atoms with E-state index in [9.17, 15) is 4.79 Å². The first-order valence-electron chi connectivity index (χ1n) is 7.44. The Kier molecular flexibility index (Phi) is 5.98. The monoisotopic (exact) mass is 297 g/mol. The van der Waals surface area contributed by atoms with E-state index < -0.39 is 0 Å². The van der Waals surface area contributed by atoms with Gasteiger partial charge in [0.15, 0.2) is 0 Å². The smallest absolute Gasteiger partial charge is 0.315 e. The molecule has 22 heavy (non-hydrogen) atoms. The molecule has 4 heteroatoms. The van der Waals surface area contributed by atoms with E-state index in [0.29, 0.717) is 13.1 Å². The average molecular weight is 297 g/mol. The summed E-state index contributed by atoms with van der Waals surface area (Å²) in [5.41, 5.74) is 2.28. The molecule has 0 aromatic heterocycles. The number of carbonyl (C=O) groups excluding carboxylic acids is 1. The standard InChI is InChI=1S/C18H23N3O/c1-21(2)17(16-11-7-4-8-12-16)14-20-18(22)19-13-15-9-5-3-6-10-15/h3-12,17H,13-14H2,1-2H3,(H2,19,20,22). The lowest BCUT2D eigenvalue weighted by molar-refractivity contribution is 0.232. The van der Waals surface area contributed by atoms with Gasteiger partial charge >= 0.3 is 6.03 Å². The van der Waals surface area contributed by atoms with Gasteiger partial charge < -0.3 is 15.5 Å². The first kappa shape index (κ1) is 16.0. The van der Waals surface area contributed by atoms with E-state index in [1.54, 1.807) is 0 Å². The highest BCUT2D eigenvalue weighted by Crippen LogP contribution is 2.16. The Morgan fingerprint density at radius 2 is 1.55 bits per heavy atom. The lowest BCUT2D eigenvalue weighted by Crippen LogP contribution is -2.40. The van der Waals surface area contributed by atoms with E-state index in [-0.39, 0.29) is 12.1 Å². The molecule has 0 aliphatic heterocycles. The topological polar surface area (TPSA) is 44.4 Å². The van der Waals surface area contributed by atoms with Crippen LogP contribution in [-0.2, 0) is 6.54 Å². The summed E-state index contributed by atoms with van der Waals surface area (Å²) in [7, 11) is 4.03. The number of nitrogens with one attached hydrogen (secondary N) is 2. The molecule has 116 valence electrons. The Labute approximate surface area is 132 Å². The predicted octanol–water partition coefficient (Wildman–Crippen LogP) is 2.79. The molecule has 0 saturated heterocycles. The summed E-state index contributed by atoms with van der Waals surface area (Å²) in [6.45, 7) is 1.10. The second-order valence-electron chi connectivity index (χ2n) is 5.44. The zero-order valence-corrected chi connectivity index (χ0v) is 13.1. The van der Waals surface area contributed by atoms with Crippen LogP contribution in [-0.4, -0.2) is 31.6 Å². The van der Waals surface area contributed by atoms with Gasteiger partial charge in [-0.3, -0.25) is 0 Å². The molecule has 0 saturated carbocycles. The Balaban J connectivity index is 1.83. The van der Waals surface area contributed by atoms with Crippen LogP contribution in [0, 0.1) is 0 Å². The summed E-state index contributed by atoms with van der Waals surface area (Å²) < 4.78 is 0. The number of likely N-dealkylation sites (N-methyl/N-ethyl adjacent to an activating group) is 1. The fraction of sp³-hybridized carbons (Fsp3) is 0.278. The van der Waals surface area contributed by atoms with E-state index in [4.69, 9.17) is 0 Å². The summed E-state index contributed by atoms with van der Waals surface area (Å²) in [6, 6.07) is 20.1. The van der Waals surface area contributed by atoms with Crippen molar-refractivity contribution in [1.29, 1.82) is 0 Å². The van der Waals surface area contributed by atoms with Crippen LogP contribution in [0.2, 0.25) is 0 Å². The van der Waals surface area contributed by atoms with Crippen LogP contribution < -0.4 is 10.6 Å². The van der Waals surface area contributed by atoms with Gasteiger partial charge in [-0.1, -0.05) is 60.7 Å². The van der Waals surface area contributed by atoms with Crippen molar-refractivity contribution in [3.8, 4) is 0 Å². The highest BCUT2D eigenvalue weighted by molar-refractivity contribution is 5.73. The summed E-state index contributed by atoms with van der Waals surface area (Å²) in [4.78, 5) is 14.0. The van der Waals surface area contributed by atoms with Crippen LogP contribution in [0.15, 0.2) is 60.7 Å². The maximum Gasteiger partial charge on any atom is 0.315 e. The highest BCUT2D eigenvalue weighted by Gasteiger charge is 2.14. The largest absolute Gasteiger partial charge is 0.336 e. The van der Waals surface area contributed by atoms with Crippen molar-refractivity contribution in [3.05, 3.63) is 71.8 Å². The van der Waals surface area contributed by atoms with E-state index in [2.05, 4.69) is 27.7 Å². The highest BCUT2D eigenvalue weighted by atomic mass is 16.2. The lowest BCUT2D eigenvalue weighted by Gasteiger charge is -2.25. The maximum absolute atomic E-state index is 11.9. The summed E-state index contributed by atoms with van der Waals surface area (Å²) in [5, 5.41) is 5.82. The van der Waals surface area contributed by atoms with E-state index in [1.807, 2.05) is 62.6 Å². The normalized spacial score (nSPS) is 12.0. The minimum absolute atomic E-state index is 0.147. The average Bonchev–Trinajstić information content (AvgIpc) is 2.55. The van der Waals surface area contributed by atoms with Gasteiger partial charge in [0.05, 0.1) is 6.04 Å². The summed E-state index contributed by atoms with van der Waals surface area (Å²) in [6.07, 6.45) is 0. The second-order valence-corrected chi connectivity index (χ2v) is 5.44. The van der Waals surface area contributed by atoms with Crippen molar-refractivity contribution >= 4 is 6.03 Å². The summed E-state index contributed by atoms with van der Waals surface area (Å²) >= 11 is 0. The van der Waals surface area contributed by atoms with Crippen LogP contribution >= 0.6 is 0 Å². The molecule has 4 nitrogen and oxygen atoms in total. The third kappa shape index (κ3) is 4.90. The molecule has 1 unspecified atom stereocenters. The van der Waals surface area contributed by atoms with Crippen LogP contribution in [0.3, 0.4) is 0 Å². The van der Waals surface area contributed by atoms with E-state index in [0.717, 1.165) is 5.56 Å². The molecule has 0 spiro atoms. The van der Waals surface area contributed by atoms with Crippen LogP contribution in [0.25, 0.3) is 0 Å². The minimum Gasteiger partial charge on any atom is -0.336 e. The number of carbonyl (C=O) groups is 1. The first-order chi connectivity index (χ1) is 10.7. The van der Waals surface area contributed by atoms with Crippen molar-refractivity contribution in [3.63, 3.8) is 0 Å². The molecule has 0 bridgehead atoms. The zero-order chi connectivity index (χ0) is 15.8. The van der Waals surface area contributed by atoms with Gasteiger partial charge in [-0.2, -0.15) is 0 Å². The molecule has 2 amide bonds. The van der Waals surface area contributed by atoms with E-state index in [1.165, 1.54) is 5.56 Å². The molecule has 0 fully saturated rings. The van der Waals surface area contributed by atoms with Crippen molar-refractivity contribution < 1.29 is 4.79 Å². The fourth-order valence-corrected chi connectivity index (χ4v) is 2.30. The van der Waals surface area contributed by atoms with Crippen LogP contribution in [0.4, 0.5) is 4.79 Å². The molecule has 2 aromatic rings. The van der Waals surface area contributed by atoms with Crippen LogP contribution in [0.1, 0.15) is 17.2 Å². The van der Waals surface area contributed by atoms with Gasteiger partial charge in [-0.05, 0) is 25.2 Å². The number of amides is 2. The van der Waals surface area contributed by atoms with Gasteiger partial charge in [-0.15, -0.1) is 0 Å². The molecule has 2 N–H and O–H groups in total. The fourth-order valence-electron chi connectivity index (χ4n) is 2.30. The molecule has 2 aromatic carbocycles. The Bertz CT molecular complexity index is 569. The van der Waals surface area contributed by atoms with E-state index >= 15 is 0 Å². The predicted molar refractivity (Wildman–Crippen MR) is 89.6 cm³/mol. The third-order valence-electron chi connectivity index (χ3n) is 3.56. The maximum atomic E-state index is 11.9. The van der Waals surface area contributed by atoms with Gasteiger partial charge in [0.1, 0.15) is 0 Å². The van der Waals surface area contributed by atoms with Crippen molar-refractivity contribution in [1.82, 2.24) is 15.5 Å². The molecule has 0 heterocycles. The Hall–Kier alpha value is -2.33. The third-order valence-corrected chi connectivity index (χ3v) is 3.56. The number of benzene rings is 2. The summed E-state index contributed by atoms with van der Waals surface area (Å²) in [5.74, 6) is 0. The SMILES string of the molecule is CN(C)C(CNC(=O)NCc1ccccc1)c1ccccc1. The first-order valence-corrected chi connectivity index (χ1v) is 7.44. The van der Waals surface area contributed by atoms with Gasteiger partial charge in [-0.25, -0.2) is 4.79 Å². The molecule has 0 aliphatic rings. The molecule has 0 aliphatic carbocycles. The number of nitrogens with zero attached hydrogens (tertiary/aromatic N) is 1. The molecular formula is C18H23N3O. The number of hydrogen-bond acceptors (Lipinski definition) is 2. The molecule has 2 rings (SSSR count). The van der Waals surface area contributed by atoms with Gasteiger partial charge in [0, 0.05) is 13.1 Å². The van der Waals surface area contributed by atoms with Crippen molar-refractivity contribution in [2.24, 2.45) is 0 Å².